The maximum atomic E-state index is 10.7. The summed E-state index contributed by atoms with van der Waals surface area (Å²) in [4.78, 5) is 10.7. The maximum Gasteiger partial charge on any atom is 0.221 e. The van der Waals surface area contributed by atoms with Crippen LogP contribution in [0.4, 0.5) is 5.69 Å². The van der Waals surface area contributed by atoms with Crippen LogP contribution in [-0.2, 0) is 4.79 Å². The van der Waals surface area contributed by atoms with Crippen molar-refractivity contribution >= 4 is 11.6 Å². The van der Waals surface area contributed by atoms with E-state index in [1.165, 1.54) is 6.92 Å². The van der Waals surface area contributed by atoms with Crippen molar-refractivity contribution < 1.29 is 4.79 Å². The van der Waals surface area contributed by atoms with Crippen molar-refractivity contribution in [2.75, 3.05) is 5.32 Å². The van der Waals surface area contributed by atoms with Gasteiger partial charge in [0.05, 0.1) is 0 Å². The standard InChI is InChI=1S/C11H14N2O/c1-3-11(12)9-4-6-10(7-5-9)13-8(2)14/h3-7,11H,1,12H2,2H3,(H,13,14)/t11-/m0/s1. The number of anilines is 1. The predicted octanol–water partition coefficient (Wildman–Crippen LogP) is 1.83. The zero-order valence-electron chi connectivity index (χ0n) is 8.16. The minimum absolute atomic E-state index is 0.0780. The molecule has 0 aliphatic rings. The molecule has 1 rings (SSSR count). The van der Waals surface area contributed by atoms with Crippen molar-refractivity contribution in [3.05, 3.63) is 42.5 Å². The SMILES string of the molecule is C=C[C@H](N)c1ccc(NC(C)=O)cc1. The van der Waals surface area contributed by atoms with E-state index < -0.39 is 0 Å². The van der Waals surface area contributed by atoms with Crippen LogP contribution in [0.15, 0.2) is 36.9 Å². The van der Waals surface area contributed by atoms with E-state index in [0.717, 1.165) is 11.3 Å². The molecule has 0 aromatic heterocycles. The fraction of sp³-hybridized carbons (Fsp3) is 0.182. The molecule has 3 N–H and O–H groups in total. The number of hydrogen-bond acceptors (Lipinski definition) is 2. The van der Waals surface area contributed by atoms with E-state index in [4.69, 9.17) is 5.73 Å². The highest BCUT2D eigenvalue weighted by Gasteiger charge is 2.00. The number of benzene rings is 1. The van der Waals surface area contributed by atoms with Gasteiger partial charge in [-0.2, -0.15) is 0 Å². The van der Waals surface area contributed by atoms with Gasteiger partial charge in [0.1, 0.15) is 0 Å². The molecule has 1 aromatic carbocycles. The fourth-order valence-corrected chi connectivity index (χ4v) is 1.13. The number of rotatable bonds is 3. The van der Waals surface area contributed by atoms with Crippen molar-refractivity contribution in [1.82, 2.24) is 0 Å². The molecule has 0 spiro atoms. The first-order valence-corrected chi connectivity index (χ1v) is 4.39. The molecule has 0 aliphatic carbocycles. The molecule has 14 heavy (non-hydrogen) atoms. The molecule has 0 aliphatic heterocycles. The molecule has 1 atom stereocenters. The van der Waals surface area contributed by atoms with Crippen LogP contribution in [0, 0.1) is 0 Å². The van der Waals surface area contributed by atoms with Crippen molar-refractivity contribution in [1.29, 1.82) is 0 Å². The summed E-state index contributed by atoms with van der Waals surface area (Å²) in [7, 11) is 0. The Labute approximate surface area is 83.6 Å². The Hall–Kier alpha value is -1.61. The smallest absolute Gasteiger partial charge is 0.221 e. The van der Waals surface area contributed by atoms with Crippen molar-refractivity contribution in [2.45, 2.75) is 13.0 Å². The van der Waals surface area contributed by atoms with Crippen LogP contribution in [0.3, 0.4) is 0 Å². The fourth-order valence-electron chi connectivity index (χ4n) is 1.13. The molecule has 0 unspecified atom stereocenters. The Kier molecular flexibility index (Phi) is 3.42. The Bertz CT molecular complexity index is 330. The van der Waals surface area contributed by atoms with Gasteiger partial charge in [0, 0.05) is 18.7 Å². The number of nitrogens with one attached hydrogen (secondary N) is 1. The average molecular weight is 190 g/mol. The van der Waals surface area contributed by atoms with Gasteiger partial charge in [0.25, 0.3) is 0 Å². The minimum Gasteiger partial charge on any atom is -0.326 e. The predicted molar refractivity (Wildman–Crippen MR) is 57.9 cm³/mol. The van der Waals surface area contributed by atoms with Gasteiger partial charge in [-0.25, -0.2) is 0 Å². The highest BCUT2D eigenvalue weighted by molar-refractivity contribution is 5.88. The Morgan fingerprint density at radius 1 is 1.50 bits per heavy atom. The van der Waals surface area contributed by atoms with Crippen LogP contribution in [0.1, 0.15) is 18.5 Å². The molecular formula is C11H14N2O. The number of amides is 1. The van der Waals surface area contributed by atoms with Gasteiger partial charge in [0.15, 0.2) is 0 Å². The average Bonchev–Trinajstić information content (AvgIpc) is 2.17. The normalized spacial score (nSPS) is 11.9. The van der Waals surface area contributed by atoms with Gasteiger partial charge >= 0.3 is 0 Å². The van der Waals surface area contributed by atoms with Crippen LogP contribution in [0.25, 0.3) is 0 Å². The minimum atomic E-state index is -0.152. The Morgan fingerprint density at radius 3 is 2.50 bits per heavy atom. The first kappa shape index (κ1) is 10.5. The van der Waals surface area contributed by atoms with E-state index in [-0.39, 0.29) is 11.9 Å². The molecule has 0 saturated heterocycles. The number of hydrogen-bond donors (Lipinski definition) is 2. The molecule has 3 nitrogen and oxygen atoms in total. The largest absolute Gasteiger partial charge is 0.326 e. The van der Waals surface area contributed by atoms with E-state index in [9.17, 15) is 4.79 Å². The summed E-state index contributed by atoms with van der Waals surface area (Å²) in [5.41, 5.74) is 7.50. The summed E-state index contributed by atoms with van der Waals surface area (Å²) in [5.74, 6) is -0.0780. The zero-order valence-corrected chi connectivity index (χ0v) is 8.16. The summed E-state index contributed by atoms with van der Waals surface area (Å²) >= 11 is 0. The second-order valence-electron chi connectivity index (χ2n) is 3.06. The van der Waals surface area contributed by atoms with Gasteiger partial charge in [0.2, 0.25) is 5.91 Å². The number of nitrogens with two attached hydrogens (primary N) is 1. The van der Waals surface area contributed by atoms with Crippen LogP contribution < -0.4 is 11.1 Å². The highest BCUT2D eigenvalue weighted by atomic mass is 16.1. The van der Waals surface area contributed by atoms with E-state index >= 15 is 0 Å². The molecule has 1 aromatic rings. The van der Waals surface area contributed by atoms with E-state index in [1.54, 1.807) is 6.08 Å². The lowest BCUT2D eigenvalue weighted by Gasteiger charge is -2.07. The summed E-state index contributed by atoms with van der Waals surface area (Å²) in [6, 6.07) is 7.23. The monoisotopic (exact) mass is 190 g/mol. The molecule has 74 valence electrons. The second-order valence-corrected chi connectivity index (χ2v) is 3.06. The van der Waals surface area contributed by atoms with Crippen molar-refractivity contribution in [2.24, 2.45) is 5.73 Å². The third-order valence-electron chi connectivity index (χ3n) is 1.87. The van der Waals surface area contributed by atoms with Crippen LogP contribution in [0.5, 0.6) is 0 Å². The third-order valence-corrected chi connectivity index (χ3v) is 1.87. The van der Waals surface area contributed by atoms with Crippen molar-refractivity contribution in [3.63, 3.8) is 0 Å². The van der Waals surface area contributed by atoms with Gasteiger partial charge in [-0.1, -0.05) is 18.2 Å². The Balaban J connectivity index is 2.78. The summed E-state index contributed by atoms with van der Waals surface area (Å²) in [6.07, 6.45) is 1.67. The lowest BCUT2D eigenvalue weighted by atomic mass is 10.1. The van der Waals surface area contributed by atoms with E-state index in [0.29, 0.717) is 0 Å². The molecule has 0 fully saturated rings. The van der Waals surface area contributed by atoms with Gasteiger partial charge in [-0.15, -0.1) is 6.58 Å². The first-order valence-electron chi connectivity index (χ1n) is 4.39. The van der Waals surface area contributed by atoms with Crippen molar-refractivity contribution in [3.8, 4) is 0 Å². The molecule has 0 saturated carbocycles. The molecule has 0 radical (unpaired) electrons. The van der Waals surface area contributed by atoms with Gasteiger partial charge < -0.3 is 11.1 Å². The van der Waals surface area contributed by atoms with Crippen LogP contribution in [0.2, 0.25) is 0 Å². The summed E-state index contributed by atoms with van der Waals surface area (Å²) < 4.78 is 0. The maximum absolute atomic E-state index is 10.7. The quantitative estimate of drug-likeness (QED) is 0.714. The second kappa shape index (κ2) is 4.58. The van der Waals surface area contributed by atoms with Gasteiger partial charge in [-0.3, -0.25) is 4.79 Å². The topological polar surface area (TPSA) is 55.1 Å². The Morgan fingerprint density at radius 2 is 2.07 bits per heavy atom. The van der Waals surface area contributed by atoms with E-state index in [2.05, 4.69) is 11.9 Å². The molecular weight excluding hydrogens is 176 g/mol. The molecule has 1 amide bonds. The van der Waals surface area contributed by atoms with Gasteiger partial charge in [-0.05, 0) is 17.7 Å². The number of carbonyl (C=O) groups excluding carboxylic acids is 1. The summed E-state index contributed by atoms with van der Waals surface area (Å²) in [5, 5.41) is 2.68. The van der Waals surface area contributed by atoms with Crippen LogP contribution >= 0.6 is 0 Å². The highest BCUT2D eigenvalue weighted by Crippen LogP contribution is 2.14. The number of carbonyl (C=O) groups is 1. The molecule has 0 bridgehead atoms. The van der Waals surface area contributed by atoms with E-state index in [1.807, 2.05) is 24.3 Å². The summed E-state index contributed by atoms with van der Waals surface area (Å²) in [6.45, 7) is 5.09. The molecule has 3 heteroatoms. The lowest BCUT2D eigenvalue weighted by molar-refractivity contribution is -0.114. The third kappa shape index (κ3) is 2.71. The first-order chi connectivity index (χ1) is 6.63. The van der Waals surface area contributed by atoms with Crippen LogP contribution in [-0.4, -0.2) is 5.91 Å². The molecule has 0 heterocycles. The zero-order chi connectivity index (χ0) is 10.6. The lowest BCUT2D eigenvalue weighted by Crippen LogP contribution is -2.08.